The second-order valence-corrected chi connectivity index (χ2v) is 5.88. The molecule has 1 saturated carbocycles. The highest BCUT2D eigenvalue weighted by Gasteiger charge is 2.37. The predicted molar refractivity (Wildman–Crippen MR) is 67.9 cm³/mol. The monoisotopic (exact) mass is 285 g/mol. The molecule has 1 fully saturated rings. The first kappa shape index (κ1) is 12.1. The van der Waals surface area contributed by atoms with Crippen LogP contribution in [0.2, 0.25) is 0 Å². The van der Waals surface area contributed by atoms with Crippen molar-refractivity contribution in [3.63, 3.8) is 0 Å². The van der Waals surface area contributed by atoms with Gasteiger partial charge in [-0.15, -0.1) is 0 Å². The van der Waals surface area contributed by atoms with Gasteiger partial charge in [-0.05, 0) is 52.7 Å². The van der Waals surface area contributed by atoms with E-state index in [1.165, 1.54) is 0 Å². The molecule has 1 aromatic rings. The van der Waals surface area contributed by atoms with E-state index >= 15 is 0 Å². The molecule has 88 valence electrons. The van der Waals surface area contributed by atoms with E-state index in [4.69, 9.17) is 5.73 Å². The summed E-state index contributed by atoms with van der Waals surface area (Å²) in [5, 5.41) is 0. The van der Waals surface area contributed by atoms with Crippen molar-refractivity contribution in [2.75, 3.05) is 0 Å². The van der Waals surface area contributed by atoms with Crippen molar-refractivity contribution < 1.29 is 4.39 Å². The molecule has 0 aliphatic heterocycles. The lowest BCUT2D eigenvalue weighted by molar-refractivity contribution is 0.244. The zero-order valence-electron chi connectivity index (χ0n) is 9.69. The first-order valence-electron chi connectivity index (χ1n) is 5.72. The van der Waals surface area contributed by atoms with E-state index in [1.54, 1.807) is 0 Å². The smallest absolute Gasteiger partial charge is 0.142 e. The van der Waals surface area contributed by atoms with Crippen LogP contribution in [0, 0.1) is 5.82 Å². The van der Waals surface area contributed by atoms with Gasteiger partial charge in [0.25, 0.3) is 0 Å². The van der Waals surface area contributed by atoms with Crippen LogP contribution in [0.1, 0.15) is 50.2 Å². The van der Waals surface area contributed by atoms with E-state index in [1.807, 2.05) is 12.1 Å². The fourth-order valence-corrected chi connectivity index (χ4v) is 2.61. The highest BCUT2D eigenvalue weighted by Crippen LogP contribution is 2.42. The quantitative estimate of drug-likeness (QED) is 0.872. The van der Waals surface area contributed by atoms with Gasteiger partial charge in [-0.25, -0.2) is 4.39 Å². The lowest BCUT2D eigenvalue weighted by atomic mass is 9.72. The minimum absolute atomic E-state index is 0.188. The summed E-state index contributed by atoms with van der Waals surface area (Å²) >= 11 is 3.28. The van der Waals surface area contributed by atoms with Gasteiger partial charge >= 0.3 is 0 Å². The molecular weight excluding hydrogens is 269 g/mol. The van der Waals surface area contributed by atoms with Crippen LogP contribution in [0.3, 0.4) is 0 Å². The SMILES string of the molecule is CC(C)c1cc(Br)c(F)c(C2(N)CCC2)c1. The summed E-state index contributed by atoms with van der Waals surface area (Å²) in [6.45, 7) is 4.21. The molecule has 0 atom stereocenters. The maximum absolute atomic E-state index is 14.0. The fraction of sp³-hybridized carbons (Fsp3) is 0.538. The number of rotatable bonds is 2. The van der Waals surface area contributed by atoms with Crippen LogP contribution in [0.4, 0.5) is 4.39 Å². The Morgan fingerprint density at radius 2 is 2.00 bits per heavy atom. The number of hydrogen-bond acceptors (Lipinski definition) is 1. The van der Waals surface area contributed by atoms with Crippen LogP contribution in [0.5, 0.6) is 0 Å². The van der Waals surface area contributed by atoms with Gasteiger partial charge in [0.15, 0.2) is 0 Å². The molecule has 0 aromatic heterocycles. The Morgan fingerprint density at radius 3 is 2.44 bits per heavy atom. The van der Waals surface area contributed by atoms with Crippen LogP contribution in [0.15, 0.2) is 16.6 Å². The van der Waals surface area contributed by atoms with E-state index in [9.17, 15) is 4.39 Å². The minimum Gasteiger partial charge on any atom is -0.321 e. The Bertz CT molecular complexity index is 411. The van der Waals surface area contributed by atoms with Crippen LogP contribution in [0.25, 0.3) is 0 Å². The summed E-state index contributed by atoms with van der Waals surface area (Å²) in [7, 11) is 0. The molecule has 16 heavy (non-hydrogen) atoms. The lowest BCUT2D eigenvalue weighted by Gasteiger charge is -2.39. The molecule has 1 aliphatic rings. The highest BCUT2D eigenvalue weighted by atomic mass is 79.9. The first-order chi connectivity index (χ1) is 7.44. The van der Waals surface area contributed by atoms with Crippen LogP contribution in [-0.2, 0) is 5.54 Å². The zero-order valence-corrected chi connectivity index (χ0v) is 11.3. The summed E-state index contributed by atoms with van der Waals surface area (Å²) in [6.07, 6.45) is 2.87. The molecular formula is C13H17BrFN. The summed E-state index contributed by atoms with van der Waals surface area (Å²) in [5.41, 5.74) is 7.59. The number of hydrogen-bond donors (Lipinski definition) is 1. The summed E-state index contributed by atoms with van der Waals surface area (Å²) in [5.74, 6) is 0.200. The minimum atomic E-state index is -0.433. The third kappa shape index (κ3) is 1.91. The van der Waals surface area contributed by atoms with Gasteiger partial charge in [0.05, 0.1) is 4.47 Å². The van der Waals surface area contributed by atoms with Gasteiger partial charge in [0, 0.05) is 11.1 Å². The van der Waals surface area contributed by atoms with Gasteiger partial charge < -0.3 is 5.73 Å². The number of halogens is 2. The molecule has 0 heterocycles. The third-order valence-electron chi connectivity index (χ3n) is 3.50. The molecule has 0 spiro atoms. The van der Waals surface area contributed by atoms with Crippen molar-refractivity contribution in [3.05, 3.63) is 33.5 Å². The van der Waals surface area contributed by atoms with E-state index in [2.05, 4.69) is 29.8 Å². The van der Waals surface area contributed by atoms with Crippen molar-refractivity contribution in [1.82, 2.24) is 0 Å². The molecule has 1 aliphatic carbocycles. The maximum atomic E-state index is 14.0. The van der Waals surface area contributed by atoms with E-state index in [-0.39, 0.29) is 5.82 Å². The lowest BCUT2D eigenvalue weighted by Crippen LogP contribution is -2.44. The van der Waals surface area contributed by atoms with Gasteiger partial charge in [-0.2, -0.15) is 0 Å². The largest absolute Gasteiger partial charge is 0.321 e. The Balaban J connectivity index is 2.51. The van der Waals surface area contributed by atoms with Crippen LogP contribution < -0.4 is 5.73 Å². The predicted octanol–water partition coefficient (Wildman–Crippen LogP) is 4.05. The molecule has 3 heteroatoms. The maximum Gasteiger partial charge on any atom is 0.142 e. The third-order valence-corrected chi connectivity index (χ3v) is 4.08. The molecule has 1 nitrogen and oxygen atoms in total. The average Bonchev–Trinajstić information content (AvgIpc) is 2.18. The van der Waals surface area contributed by atoms with Crippen molar-refractivity contribution >= 4 is 15.9 Å². The van der Waals surface area contributed by atoms with Gasteiger partial charge in [0.2, 0.25) is 0 Å². The van der Waals surface area contributed by atoms with Crippen molar-refractivity contribution in [1.29, 1.82) is 0 Å². The Labute approximate surface area is 104 Å². The Morgan fingerprint density at radius 1 is 1.38 bits per heavy atom. The van der Waals surface area contributed by atoms with Crippen molar-refractivity contribution in [2.45, 2.75) is 44.6 Å². The molecule has 0 bridgehead atoms. The summed E-state index contributed by atoms with van der Waals surface area (Å²) in [6, 6.07) is 3.79. The molecule has 0 unspecified atom stereocenters. The number of nitrogens with two attached hydrogens (primary N) is 1. The normalized spacial score (nSPS) is 18.6. The van der Waals surface area contributed by atoms with Crippen LogP contribution >= 0.6 is 15.9 Å². The molecule has 2 N–H and O–H groups in total. The highest BCUT2D eigenvalue weighted by molar-refractivity contribution is 9.10. The van der Waals surface area contributed by atoms with E-state index in [0.717, 1.165) is 24.8 Å². The van der Waals surface area contributed by atoms with Crippen molar-refractivity contribution in [3.8, 4) is 0 Å². The van der Waals surface area contributed by atoms with Gasteiger partial charge in [-0.3, -0.25) is 0 Å². The molecule has 1 aromatic carbocycles. The molecule has 0 saturated heterocycles. The average molecular weight is 286 g/mol. The standard InChI is InChI=1S/C13H17BrFN/c1-8(2)9-6-10(12(15)11(14)7-9)13(16)4-3-5-13/h6-8H,3-5,16H2,1-2H3. The summed E-state index contributed by atoms with van der Waals surface area (Å²) < 4.78 is 14.6. The fourth-order valence-electron chi connectivity index (χ4n) is 2.13. The second-order valence-electron chi connectivity index (χ2n) is 5.03. The second kappa shape index (κ2) is 4.11. The van der Waals surface area contributed by atoms with Crippen LogP contribution in [-0.4, -0.2) is 0 Å². The van der Waals surface area contributed by atoms with Gasteiger partial charge in [0.1, 0.15) is 5.82 Å². The Hall–Kier alpha value is -0.410. The first-order valence-corrected chi connectivity index (χ1v) is 6.51. The Kier molecular flexibility index (Phi) is 3.10. The molecule has 2 rings (SSSR count). The van der Waals surface area contributed by atoms with Crippen molar-refractivity contribution in [2.24, 2.45) is 5.73 Å². The topological polar surface area (TPSA) is 26.0 Å². The van der Waals surface area contributed by atoms with Gasteiger partial charge in [-0.1, -0.05) is 19.9 Å². The zero-order chi connectivity index (χ0) is 11.9. The summed E-state index contributed by atoms with van der Waals surface area (Å²) in [4.78, 5) is 0. The molecule has 0 radical (unpaired) electrons. The molecule has 0 amide bonds. The van der Waals surface area contributed by atoms with E-state index in [0.29, 0.717) is 16.0 Å². The van der Waals surface area contributed by atoms with E-state index < -0.39 is 5.54 Å². The number of benzene rings is 1.